The summed E-state index contributed by atoms with van der Waals surface area (Å²) in [6.07, 6.45) is 0. The fourth-order valence-corrected chi connectivity index (χ4v) is 2.25. The van der Waals surface area contributed by atoms with E-state index >= 15 is 0 Å². The van der Waals surface area contributed by atoms with Crippen LogP contribution in [0.15, 0.2) is 42.5 Å². The average molecular weight is 351 g/mol. The molecule has 0 unspecified atom stereocenters. The Bertz CT molecular complexity index is 737. The summed E-state index contributed by atoms with van der Waals surface area (Å²) >= 11 is 11.0. The van der Waals surface area contributed by atoms with Crippen LogP contribution in [0.2, 0.25) is 5.02 Å². The first-order valence-corrected chi connectivity index (χ1v) is 7.42. The van der Waals surface area contributed by atoms with Gasteiger partial charge in [-0.3, -0.25) is 10.1 Å². The molecule has 0 fully saturated rings. The van der Waals surface area contributed by atoms with E-state index in [-0.39, 0.29) is 11.0 Å². The van der Waals surface area contributed by atoms with Crippen LogP contribution in [-0.4, -0.2) is 25.2 Å². The number of carbonyl (C=O) groups excluding carboxylic acids is 1. The smallest absolute Gasteiger partial charge is 0.257 e. The maximum absolute atomic E-state index is 12.1. The Morgan fingerprint density at radius 3 is 2.57 bits per heavy atom. The van der Waals surface area contributed by atoms with Gasteiger partial charge in [-0.15, -0.1) is 0 Å². The zero-order valence-electron chi connectivity index (χ0n) is 12.6. The summed E-state index contributed by atoms with van der Waals surface area (Å²) in [4.78, 5) is 12.1. The summed E-state index contributed by atoms with van der Waals surface area (Å²) in [5.41, 5.74) is 1.04. The van der Waals surface area contributed by atoms with Crippen LogP contribution in [0, 0.1) is 0 Å². The Morgan fingerprint density at radius 2 is 1.91 bits per heavy atom. The third kappa shape index (κ3) is 4.58. The van der Waals surface area contributed by atoms with E-state index in [1.54, 1.807) is 49.6 Å². The van der Waals surface area contributed by atoms with Crippen molar-refractivity contribution in [1.29, 1.82) is 0 Å². The van der Waals surface area contributed by atoms with Crippen molar-refractivity contribution in [2.24, 2.45) is 0 Å². The van der Waals surface area contributed by atoms with Crippen LogP contribution in [-0.2, 0) is 0 Å². The largest absolute Gasteiger partial charge is 0.497 e. The summed E-state index contributed by atoms with van der Waals surface area (Å²) in [5, 5.41) is 6.13. The Kier molecular flexibility index (Phi) is 5.78. The zero-order valence-corrected chi connectivity index (χ0v) is 14.1. The van der Waals surface area contributed by atoms with E-state index in [0.717, 1.165) is 0 Å². The van der Waals surface area contributed by atoms with Crippen molar-refractivity contribution in [3.05, 3.63) is 53.1 Å². The quantitative estimate of drug-likeness (QED) is 0.827. The van der Waals surface area contributed by atoms with Gasteiger partial charge in [-0.25, -0.2) is 0 Å². The van der Waals surface area contributed by atoms with E-state index in [1.807, 2.05) is 0 Å². The molecule has 5 nitrogen and oxygen atoms in total. The third-order valence-electron chi connectivity index (χ3n) is 2.97. The van der Waals surface area contributed by atoms with Gasteiger partial charge in [0, 0.05) is 16.7 Å². The average Bonchev–Trinajstić information content (AvgIpc) is 2.55. The molecular formula is C16H15ClN2O3S. The number of carbonyl (C=O) groups is 1. The van der Waals surface area contributed by atoms with Gasteiger partial charge < -0.3 is 14.8 Å². The van der Waals surface area contributed by atoms with Crippen LogP contribution in [0.1, 0.15) is 10.4 Å². The standard InChI is InChI=1S/C16H15ClN2O3S/c1-21-12-6-7-13(14(9-12)22-2)18-16(23)19-15(20)10-4-3-5-11(17)8-10/h3-9H,1-2H3,(H2,18,19,20,23). The van der Waals surface area contributed by atoms with Crippen molar-refractivity contribution in [3.8, 4) is 11.5 Å². The van der Waals surface area contributed by atoms with Gasteiger partial charge in [0.05, 0.1) is 19.9 Å². The van der Waals surface area contributed by atoms with Gasteiger partial charge in [-0.2, -0.15) is 0 Å². The molecule has 0 saturated heterocycles. The third-order valence-corrected chi connectivity index (χ3v) is 3.41. The number of thiocarbonyl (C=S) groups is 1. The highest BCUT2D eigenvalue weighted by atomic mass is 35.5. The molecule has 0 aliphatic heterocycles. The number of methoxy groups -OCH3 is 2. The molecule has 0 saturated carbocycles. The first-order valence-electron chi connectivity index (χ1n) is 6.63. The van der Waals surface area contributed by atoms with Crippen molar-refractivity contribution in [3.63, 3.8) is 0 Å². The van der Waals surface area contributed by atoms with Crippen molar-refractivity contribution >= 4 is 40.5 Å². The Hall–Kier alpha value is -2.31. The minimum Gasteiger partial charge on any atom is -0.497 e. The number of hydrogen-bond donors (Lipinski definition) is 2. The number of hydrogen-bond acceptors (Lipinski definition) is 4. The zero-order chi connectivity index (χ0) is 16.8. The molecule has 23 heavy (non-hydrogen) atoms. The van der Waals surface area contributed by atoms with Gasteiger partial charge >= 0.3 is 0 Å². The molecule has 0 aromatic heterocycles. The Balaban J connectivity index is 2.06. The van der Waals surface area contributed by atoms with Crippen molar-refractivity contribution in [2.75, 3.05) is 19.5 Å². The summed E-state index contributed by atoms with van der Waals surface area (Å²) in [7, 11) is 3.10. The maximum Gasteiger partial charge on any atom is 0.257 e. The van der Waals surface area contributed by atoms with Crippen molar-refractivity contribution in [2.45, 2.75) is 0 Å². The summed E-state index contributed by atoms with van der Waals surface area (Å²) in [5.74, 6) is 0.850. The minimum atomic E-state index is -0.350. The van der Waals surface area contributed by atoms with Gasteiger partial charge in [0.2, 0.25) is 0 Å². The molecule has 0 bridgehead atoms. The molecule has 0 radical (unpaired) electrons. The molecule has 0 heterocycles. The molecular weight excluding hydrogens is 336 g/mol. The fraction of sp³-hybridized carbons (Fsp3) is 0.125. The van der Waals surface area contributed by atoms with Crippen LogP contribution < -0.4 is 20.1 Å². The number of anilines is 1. The van der Waals surface area contributed by atoms with Crippen LogP contribution in [0.25, 0.3) is 0 Å². The minimum absolute atomic E-state index is 0.151. The summed E-state index contributed by atoms with van der Waals surface area (Å²) in [6, 6.07) is 11.8. The molecule has 7 heteroatoms. The molecule has 1 amide bonds. The molecule has 120 valence electrons. The van der Waals surface area contributed by atoms with Crippen LogP contribution in [0.3, 0.4) is 0 Å². The fourth-order valence-electron chi connectivity index (χ4n) is 1.86. The van der Waals surface area contributed by atoms with E-state index in [1.165, 1.54) is 7.11 Å². The Morgan fingerprint density at radius 1 is 1.13 bits per heavy atom. The number of rotatable bonds is 4. The maximum atomic E-state index is 12.1. The first-order chi connectivity index (χ1) is 11.0. The van der Waals surface area contributed by atoms with E-state index in [4.69, 9.17) is 33.3 Å². The van der Waals surface area contributed by atoms with Crippen molar-refractivity contribution in [1.82, 2.24) is 5.32 Å². The van der Waals surface area contributed by atoms with Crippen LogP contribution in [0.5, 0.6) is 11.5 Å². The first kappa shape index (κ1) is 17.1. The number of benzene rings is 2. The highest BCUT2D eigenvalue weighted by Gasteiger charge is 2.11. The second-order valence-corrected chi connectivity index (χ2v) is 5.33. The van der Waals surface area contributed by atoms with E-state index in [9.17, 15) is 4.79 Å². The number of halogens is 1. The van der Waals surface area contributed by atoms with Gasteiger partial charge in [-0.05, 0) is 42.5 Å². The van der Waals surface area contributed by atoms with Crippen LogP contribution in [0.4, 0.5) is 5.69 Å². The normalized spacial score (nSPS) is 9.87. The molecule has 2 N–H and O–H groups in total. The number of ether oxygens (including phenoxy) is 2. The highest BCUT2D eigenvalue weighted by Crippen LogP contribution is 2.28. The lowest BCUT2D eigenvalue weighted by Gasteiger charge is -2.13. The Labute approximate surface area is 144 Å². The van der Waals surface area contributed by atoms with Gasteiger partial charge in [-0.1, -0.05) is 17.7 Å². The summed E-state index contributed by atoms with van der Waals surface area (Å²) in [6.45, 7) is 0. The van der Waals surface area contributed by atoms with Crippen LogP contribution >= 0.6 is 23.8 Å². The molecule has 0 spiro atoms. The lowest BCUT2D eigenvalue weighted by molar-refractivity contribution is 0.0977. The highest BCUT2D eigenvalue weighted by molar-refractivity contribution is 7.80. The molecule has 0 atom stereocenters. The monoisotopic (exact) mass is 350 g/mol. The molecule has 2 rings (SSSR count). The van der Waals surface area contributed by atoms with E-state index in [0.29, 0.717) is 27.8 Å². The molecule has 0 aliphatic carbocycles. The second kappa shape index (κ2) is 7.80. The van der Waals surface area contributed by atoms with Gasteiger partial charge in [0.25, 0.3) is 5.91 Å². The van der Waals surface area contributed by atoms with E-state index in [2.05, 4.69) is 10.6 Å². The SMILES string of the molecule is COc1ccc(NC(=S)NC(=O)c2cccc(Cl)c2)c(OC)c1. The summed E-state index contributed by atoms with van der Waals surface area (Å²) < 4.78 is 10.4. The molecule has 2 aromatic carbocycles. The number of nitrogens with one attached hydrogen (secondary N) is 2. The van der Waals surface area contributed by atoms with Gasteiger partial charge in [0.15, 0.2) is 5.11 Å². The van der Waals surface area contributed by atoms with Gasteiger partial charge in [0.1, 0.15) is 11.5 Å². The van der Waals surface area contributed by atoms with Crippen molar-refractivity contribution < 1.29 is 14.3 Å². The predicted octanol–water partition coefficient (Wildman–Crippen LogP) is 3.48. The lowest BCUT2D eigenvalue weighted by atomic mass is 10.2. The second-order valence-electron chi connectivity index (χ2n) is 4.48. The number of amides is 1. The lowest BCUT2D eigenvalue weighted by Crippen LogP contribution is -2.34. The van der Waals surface area contributed by atoms with E-state index < -0.39 is 0 Å². The predicted molar refractivity (Wildman–Crippen MR) is 94.7 cm³/mol. The topological polar surface area (TPSA) is 59.6 Å². The molecule has 2 aromatic rings. The molecule has 0 aliphatic rings.